The van der Waals surface area contributed by atoms with Gasteiger partial charge >= 0.3 is 0 Å². The summed E-state index contributed by atoms with van der Waals surface area (Å²) in [5.74, 6) is 0.517. The van der Waals surface area contributed by atoms with Gasteiger partial charge < -0.3 is 15.0 Å². The Bertz CT molecular complexity index is 944. The van der Waals surface area contributed by atoms with Gasteiger partial charge in [-0.3, -0.25) is 9.78 Å². The second-order valence-corrected chi connectivity index (χ2v) is 7.45. The van der Waals surface area contributed by atoms with Crippen LogP contribution in [0.1, 0.15) is 46.2 Å². The third-order valence-electron chi connectivity index (χ3n) is 4.80. The number of allylic oxidation sites excluding steroid dienone is 1. The zero-order chi connectivity index (χ0) is 19.6. The van der Waals surface area contributed by atoms with Gasteiger partial charge in [0.2, 0.25) is 0 Å². The first-order valence-corrected chi connectivity index (χ1v) is 9.02. The van der Waals surface area contributed by atoms with Gasteiger partial charge in [0.1, 0.15) is 5.82 Å². The van der Waals surface area contributed by atoms with Gasteiger partial charge in [-0.25, -0.2) is 9.98 Å². The molecule has 0 spiro atoms. The second kappa shape index (κ2) is 7.34. The van der Waals surface area contributed by atoms with E-state index >= 15 is 0 Å². The minimum atomic E-state index is -0.149. The van der Waals surface area contributed by atoms with Gasteiger partial charge in [-0.2, -0.15) is 0 Å². The molecule has 27 heavy (non-hydrogen) atoms. The zero-order valence-electron chi connectivity index (χ0n) is 16.3. The van der Waals surface area contributed by atoms with Gasteiger partial charge in [0.25, 0.3) is 5.91 Å². The normalized spacial score (nSPS) is 15.7. The van der Waals surface area contributed by atoms with Crippen LogP contribution in [0, 0.1) is 0 Å². The van der Waals surface area contributed by atoms with E-state index in [1.807, 2.05) is 37.6 Å². The molecular formula is C20H26N6O. The van der Waals surface area contributed by atoms with Crippen LogP contribution in [0.15, 0.2) is 52.3 Å². The van der Waals surface area contributed by atoms with Crippen molar-refractivity contribution in [1.29, 1.82) is 0 Å². The van der Waals surface area contributed by atoms with Crippen molar-refractivity contribution >= 4 is 18.3 Å². The molecule has 2 aromatic rings. The molecule has 1 amide bonds. The largest absolute Gasteiger partial charge is 0.365 e. The number of aromatic nitrogens is 3. The lowest BCUT2D eigenvalue weighted by Crippen LogP contribution is -2.30. The van der Waals surface area contributed by atoms with Crippen molar-refractivity contribution in [3.63, 3.8) is 0 Å². The lowest BCUT2D eigenvalue weighted by atomic mass is 10.0. The minimum Gasteiger partial charge on any atom is -0.365 e. The summed E-state index contributed by atoms with van der Waals surface area (Å²) in [4.78, 5) is 25.5. The number of carbonyl (C=O) groups is 1. The monoisotopic (exact) mass is 366 g/mol. The number of imidazole rings is 1. The van der Waals surface area contributed by atoms with Crippen molar-refractivity contribution in [3.05, 3.63) is 53.0 Å². The Kier molecular flexibility index (Phi) is 5.12. The van der Waals surface area contributed by atoms with Crippen LogP contribution in [0.5, 0.6) is 0 Å². The number of carbonyl (C=O) groups excluding carboxylic acids is 1. The molecule has 3 rings (SSSR count). The van der Waals surface area contributed by atoms with E-state index in [2.05, 4.69) is 39.2 Å². The van der Waals surface area contributed by atoms with E-state index in [0.717, 1.165) is 35.3 Å². The van der Waals surface area contributed by atoms with E-state index < -0.39 is 0 Å². The molecule has 0 aromatic carbocycles. The van der Waals surface area contributed by atoms with Gasteiger partial charge in [0.05, 0.1) is 18.4 Å². The average Bonchev–Trinajstić information content (AvgIpc) is 3.17. The zero-order valence-corrected chi connectivity index (χ0v) is 16.3. The van der Waals surface area contributed by atoms with Gasteiger partial charge in [0, 0.05) is 35.3 Å². The predicted molar refractivity (Wildman–Crippen MR) is 106 cm³/mol. The van der Waals surface area contributed by atoms with Crippen molar-refractivity contribution in [2.24, 2.45) is 4.99 Å². The molecule has 0 radical (unpaired) electrons. The highest BCUT2D eigenvalue weighted by Gasteiger charge is 2.38. The molecule has 0 unspecified atom stereocenters. The molecule has 1 aliphatic carbocycles. The van der Waals surface area contributed by atoms with E-state index in [4.69, 9.17) is 0 Å². The first-order valence-electron chi connectivity index (χ1n) is 9.02. The van der Waals surface area contributed by atoms with Crippen LogP contribution in [-0.4, -0.2) is 32.5 Å². The Balaban J connectivity index is 1.76. The number of hydrogen-bond acceptors (Lipinski definition) is 5. The molecule has 1 aliphatic rings. The topological polar surface area (TPSA) is 83.7 Å². The smallest absolute Gasteiger partial charge is 0.251 e. The van der Waals surface area contributed by atoms with Crippen LogP contribution in [0.2, 0.25) is 0 Å². The predicted octanol–water partition coefficient (Wildman–Crippen LogP) is 2.76. The van der Waals surface area contributed by atoms with Gasteiger partial charge in [0.15, 0.2) is 5.65 Å². The van der Waals surface area contributed by atoms with E-state index in [0.29, 0.717) is 17.9 Å². The molecule has 2 aromatic heterocycles. The van der Waals surface area contributed by atoms with Gasteiger partial charge in [-0.05, 0) is 47.3 Å². The number of hydrogen-bond donors (Lipinski definition) is 2. The molecule has 0 atom stereocenters. The Hall–Kier alpha value is -2.96. The van der Waals surface area contributed by atoms with E-state index in [1.165, 1.54) is 0 Å². The van der Waals surface area contributed by atoms with Crippen LogP contribution in [0.4, 0.5) is 0 Å². The lowest BCUT2D eigenvalue weighted by Gasteiger charge is -2.18. The Morgan fingerprint density at radius 1 is 1.33 bits per heavy atom. The summed E-state index contributed by atoms with van der Waals surface area (Å²) in [5, 5.41) is 6.37. The van der Waals surface area contributed by atoms with Crippen LogP contribution < -0.4 is 10.6 Å². The van der Waals surface area contributed by atoms with E-state index in [9.17, 15) is 4.79 Å². The number of rotatable bonds is 7. The second-order valence-electron chi connectivity index (χ2n) is 7.45. The fourth-order valence-corrected chi connectivity index (χ4v) is 2.96. The summed E-state index contributed by atoms with van der Waals surface area (Å²) in [6.45, 7) is 11.9. The molecule has 7 heteroatoms. The van der Waals surface area contributed by atoms with Gasteiger partial charge in [-0.1, -0.05) is 5.57 Å². The number of nitrogens with one attached hydrogen (secondary N) is 2. The summed E-state index contributed by atoms with van der Waals surface area (Å²) in [7, 11) is 0. The molecule has 0 bridgehead atoms. The average molecular weight is 366 g/mol. The fraction of sp³-hybridized carbons (Fsp3) is 0.400. The molecule has 2 heterocycles. The van der Waals surface area contributed by atoms with Gasteiger partial charge in [-0.15, -0.1) is 0 Å². The van der Waals surface area contributed by atoms with Crippen molar-refractivity contribution in [1.82, 2.24) is 25.0 Å². The summed E-state index contributed by atoms with van der Waals surface area (Å²) < 4.78 is 1.88. The summed E-state index contributed by atoms with van der Waals surface area (Å²) in [5.41, 5.74) is 3.94. The standard InChI is InChI=1S/C20H26N6O/c1-13(2)17(14(3)18(21-5)25-20(4)6-7-20)19(27)24-10-15-12-26-9-8-22-16(26)11-23-15/h8-9,11-12,25H,5-7,10H2,1-4H3,(H,24,27)/b18-14-. The number of nitrogens with zero attached hydrogens (tertiary/aromatic N) is 4. The summed E-state index contributed by atoms with van der Waals surface area (Å²) >= 11 is 0. The highest BCUT2D eigenvalue weighted by molar-refractivity contribution is 5.98. The van der Waals surface area contributed by atoms with Crippen LogP contribution in [0.3, 0.4) is 0 Å². The Labute approximate surface area is 159 Å². The molecule has 2 N–H and O–H groups in total. The Morgan fingerprint density at radius 2 is 2.07 bits per heavy atom. The molecule has 0 saturated heterocycles. The highest BCUT2D eigenvalue weighted by atomic mass is 16.1. The van der Waals surface area contributed by atoms with Crippen LogP contribution in [-0.2, 0) is 11.3 Å². The molecule has 0 aliphatic heterocycles. The first-order chi connectivity index (χ1) is 12.8. The SMILES string of the molecule is C=N/C(NC1(C)CC1)=C(\C)C(C(=O)NCc1cn2ccnc2cn1)=C(C)C. The maximum absolute atomic E-state index is 12.9. The van der Waals surface area contributed by atoms with Crippen molar-refractivity contribution < 1.29 is 4.79 Å². The maximum Gasteiger partial charge on any atom is 0.251 e. The quantitative estimate of drug-likeness (QED) is 0.448. The number of fused-ring (bicyclic) bond motifs is 1. The number of aliphatic imine (C=N–C) groups is 1. The first kappa shape index (κ1) is 18.8. The molecular weight excluding hydrogens is 340 g/mol. The van der Waals surface area contributed by atoms with Crippen LogP contribution >= 0.6 is 0 Å². The molecule has 1 saturated carbocycles. The lowest BCUT2D eigenvalue weighted by molar-refractivity contribution is -0.117. The van der Waals surface area contributed by atoms with E-state index in [1.54, 1.807) is 12.4 Å². The van der Waals surface area contributed by atoms with Crippen LogP contribution in [0.25, 0.3) is 5.65 Å². The minimum absolute atomic E-state index is 0.0607. The van der Waals surface area contributed by atoms with Crippen molar-refractivity contribution in [3.8, 4) is 0 Å². The third kappa shape index (κ3) is 4.24. The maximum atomic E-state index is 12.9. The van der Waals surface area contributed by atoms with Crippen molar-refractivity contribution in [2.45, 2.75) is 52.6 Å². The van der Waals surface area contributed by atoms with Crippen molar-refractivity contribution in [2.75, 3.05) is 0 Å². The molecule has 1 fully saturated rings. The fourth-order valence-electron chi connectivity index (χ4n) is 2.96. The summed E-state index contributed by atoms with van der Waals surface area (Å²) in [6, 6.07) is 0. The molecule has 142 valence electrons. The Morgan fingerprint density at radius 3 is 2.70 bits per heavy atom. The molecule has 7 nitrogen and oxygen atoms in total. The highest BCUT2D eigenvalue weighted by Crippen LogP contribution is 2.36. The number of amides is 1. The van der Waals surface area contributed by atoms with E-state index in [-0.39, 0.29) is 11.4 Å². The summed E-state index contributed by atoms with van der Waals surface area (Å²) in [6.07, 6.45) is 9.30. The third-order valence-corrected chi connectivity index (χ3v) is 4.80.